The van der Waals surface area contributed by atoms with Crippen LogP contribution in [0, 0.1) is 0 Å². The summed E-state index contributed by atoms with van der Waals surface area (Å²) >= 11 is 0. The Morgan fingerprint density at radius 3 is 2.70 bits per heavy atom. The number of rotatable bonds is 6. The molecule has 0 aliphatic heterocycles. The van der Waals surface area contributed by atoms with Crippen molar-refractivity contribution in [3.63, 3.8) is 0 Å². The molecule has 1 fully saturated rings. The fourth-order valence-electron chi connectivity index (χ4n) is 2.48. The summed E-state index contributed by atoms with van der Waals surface area (Å²) in [5, 5.41) is 12.7. The molecule has 1 aliphatic rings. The molecule has 2 N–H and O–H groups in total. The number of alkyl halides is 3. The Hall–Kier alpha value is -1.76. The predicted octanol–water partition coefficient (Wildman–Crippen LogP) is 3.11. The van der Waals surface area contributed by atoms with E-state index >= 15 is 0 Å². The fourth-order valence-corrected chi connectivity index (χ4v) is 2.48. The zero-order valence-corrected chi connectivity index (χ0v) is 12.8. The van der Waals surface area contributed by atoms with Gasteiger partial charge in [0.25, 0.3) is 0 Å². The molecule has 7 heteroatoms. The molecule has 0 unspecified atom stereocenters. The first-order chi connectivity index (χ1) is 10.7. The minimum Gasteiger partial charge on any atom is -0.484 e. The first-order valence-electron chi connectivity index (χ1n) is 7.48. The average Bonchev–Trinajstić information content (AvgIpc) is 2.43. The fraction of sp³-hybridized carbons (Fsp3) is 0.562. The van der Waals surface area contributed by atoms with Crippen molar-refractivity contribution in [1.29, 1.82) is 0 Å². The average molecular weight is 331 g/mol. The second-order valence-corrected chi connectivity index (χ2v) is 6.02. The minimum absolute atomic E-state index is 0.0433. The monoisotopic (exact) mass is 331 g/mol. The van der Waals surface area contributed by atoms with E-state index in [0.717, 1.165) is 6.42 Å². The highest BCUT2D eigenvalue weighted by Gasteiger charge is 2.36. The van der Waals surface area contributed by atoms with Gasteiger partial charge in [0.2, 0.25) is 5.91 Å². The molecule has 1 saturated carbocycles. The maximum absolute atomic E-state index is 12.2. The maximum Gasteiger partial charge on any atom is 0.422 e. The Balaban J connectivity index is 1.91. The number of amides is 1. The van der Waals surface area contributed by atoms with Gasteiger partial charge in [-0.25, -0.2) is 0 Å². The normalized spacial score (nSPS) is 18.0. The van der Waals surface area contributed by atoms with E-state index < -0.39 is 18.4 Å². The van der Waals surface area contributed by atoms with Crippen molar-refractivity contribution in [1.82, 2.24) is 5.32 Å². The van der Waals surface area contributed by atoms with Crippen molar-refractivity contribution in [3.8, 4) is 5.75 Å². The Morgan fingerprint density at radius 1 is 1.43 bits per heavy atom. The lowest BCUT2D eigenvalue weighted by atomic mass is 9.77. The first-order valence-corrected chi connectivity index (χ1v) is 7.48. The van der Waals surface area contributed by atoms with Crippen LogP contribution in [0.1, 0.15) is 44.2 Å². The van der Waals surface area contributed by atoms with Crippen LogP contribution >= 0.6 is 0 Å². The van der Waals surface area contributed by atoms with E-state index in [1.807, 2.05) is 0 Å². The van der Waals surface area contributed by atoms with Crippen LogP contribution in [0.4, 0.5) is 13.2 Å². The number of ether oxygens (including phenoxy) is 1. The van der Waals surface area contributed by atoms with Crippen LogP contribution in [-0.4, -0.2) is 29.4 Å². The number of nitrogens with one attached hydrogen (secondary N) is 1. The van der Waals surface area contributed by atoms with Crippen LogP contribution in [0.2, 0.25) is 0 Å². The number of hydrogen-bond acceptors (Lipinski definition) is 3. The van der Waals surface area contributed by atoms with Crippen molar-refractivity contribution < 1.29 is 27.8 Å². The molecule has 1 aliphatic carbocycles. The third-order valence-electron chi connectivity index (χ3n) is 3.91. The molecular weight excluding hydrogens is 311 g/mol. The van der Waals surface area contributed by atoms with Crippen LogP contribution in [0.25, 0.3) is 0 Å². The standard InChI is InChI=1S/C16H20F3NO3/c1-11(20-14(21)9-15(22)6-3-7-15)12-4-2-5-13(8-12)23-10-16(17,18)19/h2,4-5,8,11,22H,3,6-7,9-10H2,1H3,(H,20,21)/t11-/m0/s1. The molecule has 23 heavy (non-hydrogen) atoms. The number of aliphatic hydroxyl groups is 1. The molecule has 0 aromatic heterocycles. The largest absolute Gasteiger partial charge is 0.484 e. The van der Waals surface area contributed by atoms with Gasteiger partial charge in [0.15, 0.2) is 6.61 Å². The SMILES string of the molecule is C[C@H](NC(=O)CC1(O)CCC1)c1cccc(OCC(F)(F)F)c1. The Morgan fingerprint density at radius 2 is 2.13 bits per heavy atom. The highest BCUT2D eigenvalue weighted by atomic mass is 19.4. The van der Waals surface area contributed by atoms with Crippen molar-refractivity contribution in [2.75, 3.05) is 6.61 Å². The Bertz CT molecular complexity index is 556. The lowest BCUT2D eigenvalue weighted by Crippen LogP contribution is -2.42. The summed E-state index contributed by atoms with van der Waals surface area (Å²) in [6, 6.07) is 5.78. The first kappa shape index (κ1) is 17.6. The van der Waals surface area contributed by atoms with Gasteiger partial charge < -0.3 is 15.2 Å². The van der Waals surface area contributed by atoms with Crippen LogP contribution < -0.4 is 10.1 Å². The van der Waals surface area contributed by atoms with Gasteiger partial charge in [-0.1, -0.05) is 12.1 Å². The minimum atomic E-state index is -4.39. The van der Waals surface area contributed by atoms with Crippen LogP contribution in [0.5, 0.6) is 5.75 Å². The third-order valence-corrected chi connectivity index (χ3v) is 3.91. The van der Waals surface area contributed by atoms with E-state index in [1.165, 1.54) is 12.1 Å². The van der Waals surface area contributed by atoms with Crippen LogP contribution in [-0.2, 0) is 4.79 Å². The molecule has 0 heterocycles. The van der Waals surface area contributed by atoms with Crippen molar-refractivity contribution in [2.24, 2.45) is 0 Å². The quantitative estimate of drug-likeness (QED) is 0.842. The highest BCUT2D eigenvalue weighted by Crippen LogP contribution is 2.34. The molecule has 1 atom stereocenters. The summed E-state index contributed by atoms with van der Waals surface area (Å²) in [6.45, 7) is 0.371. The summed E-state index contributed by atoms with van der Waals surface area (Å²) in [5.74, 6) is -0.181. The van der Waals surface area contributed by atoms with Gasteiger partial charge in [0.1, 0.15) is 5.75 Å². The van der Waals surface area contributed by atoms with Gasteiger partial charge in [-0.2, -0.15) is 13.2 Å². The number of benzene rings is 1. The summed E-state index contributed by atoms with van der Waals surface area (Å²) < 4.78 is 41.2. The summed E-state index contributed by atoms with van der Waals surface area (Å²) in [7, 11) is 0. The van der Waals surface area contributed by atoms with E-state index in [0.29, 0.717) is 18.4 Å². The van der Waals surface area contributed by atoms with Crippen LogP contribution in [0.3, 0.4) is 0 Å². The topological polar surface area (TPSA) is 58.6 Å². The zero-order chi connectivity index (χ0) is 17.1. The van der Waals surface area contributed by atoms with E-state index in [2.05, 4.69) is 5.32 Å². The van der Waals surface area contributed by atoms with E-state index in [-0.39, 0.29) is 24.1 Å². The number of carbonyl (C=O) groups excluding carboxylic acids is 1. The molecule has 0 radical (unpaired) electrons. The summed E-state index contributed by atoms with van der Waals surface area (Å²) in [5.41, 5.74) is -0.264. The number of carbonyl (C=O) groups is 1. The zero-order valence-electron chi connectivity index (χ0n) is 12.8. The van der Waals surface area contributed by atoms with Crippen molar-refractivity contribution in [2.45, 2.75) is 50.4 Å². The number of hydrogen-bond donors (Lipinski definition) is 2. The third kappa shape index (κ3) is 5.42. The molecule has 1 amide bonds. The van der Waals surface area contributed by atoms with Gasteiger partial charge in [-0.3, -0.25) is 4.79 Å². The summed E-state index contributed by atoms with van der Waals surface area (Å²) in [6.07, 6.45) is -2.20. The Labute approximate surface area is 132 Å². The van der Waals surface area contributed by atoms with Gasteiger partial charge in [0, 0.05) is 0 Å². The molecule has 4 nitrogen and oxygen atoms in total. The van der Waals surface area contributed by atoms with E-state index in [4.69, 9.17) is 4.74 Å². The van der Waals surface area contributed by atoms with Gasteiger partial charge in [-0.05, 0) is 43.9 Å². The second-order valence-electron chi connectivity index (χ2n) is 6.02. The van der Waals surface area contributed by atoms with Crippen LogP contribution in [0.15, 0.2) is 24.3 Å². The Kier molecular flexibility index (Phi) is 5.19. The predicted molar refractivity (Wildman–Crippen MR) is 78.0 cm³/mol. The maximum atomic E-state index is 12.2. The van der Waals surface area contributed by atoms with E-state index in [9.17, 15) is 23.1 Å². The smallest absolute Gasteiger partial charge is 0.422 e. The second kappa shape index (κ2) is 6.78. The summed E-state index contributed by atoms with van der Waals surface area (Å²) in [4.78, 5) is 11.9. The molecule has 0 saturated heterocycles. The molecule has 1 aromatic rings. The van der Waals surface area contributed by atoms with Gasteiger partial charge in [0.05, 0.1) is 18.1 Å². The molecule has 1 aromatic carbocycles. The number of halogens is 3. The molecule has 128 valence electrons. The highest BCUT2D eigenvalue weighted by molar-refractivity contribution is 5.77. The molecule has 0 spiro atoms. The van der Waals surface area contributed by atoms with Gasteiger partial charge >= 0.3 is 6.18 Å². The lowest BCUT2D eigenvalue weighted by Gasteiger charge is -2.36. The van der Waals surface area contributed by atoms with Gasteiger partial charge in [-0.15, -0.1) is 0 Å². The molecule has 0 bridgehead atoms. The lowest BCUT2D eigenvalue weighted by molar-refractivity contribution is -0.153. The molecular formula is C16H20F3NO3. The van der Waals surface area contributed by atoms with Crippen molar-refractivity contribution in [3.05, 3.63) is 29.8 Å². The molecule has 2 rings (SSSR count). The van der Waals surface area contributed by atoms with Crippen molar-refractivity contribution >= 4 is 5.91 Å². The van der Waals surface area contributed by atoms with E-state index in [1.54, 1.807) is 19.1 Å².